The highest BCUT2D eigenvalue weighted by molar-refractivity contribution is 7.98. The van der Waals surface area contributed by atoms with Crippen LogP contribution in [0.1, 0.15) is 25.3 Å². The fourth-order valence-corrected chi connectivity index (χ4v) is 6.02. The van der Waals surface area contributed by atoms with E-state index >= 15 is 0 Å². The predicted octanol–water partition coefficient (Wildman–Crippen LogP) is 7.17. The Balaban J connectivity index is 1.51. The van der Waals surface area contributed by atoms with Crippen molar-refractivity contribution in [3.05, 3.63) is 70.0 Å². The number of thiazole rings is 1. The fraction of sp³-hybridized carbons (Fsp3) is 0.167. The van der Waals surface area contributed by atoms with Crippen molar-refractivity contribution in [1.82, 2.24) is 19.7 Å². The average Bonchev–Trinajstić information content (AvgIpc) is 3.54. The van der Waals surface area contributed by atoms with Crippen LogP contribution in [0.4, 0.5) is 4.79 Å². The molecule has 184 valence electrons. The van der Waals surface area contributed by atoms with E-state index in [0.29, 0.717) is 31.6 Å². The summed E-state index contributed by atoms with van der Waals surface area (Å²) in [6.07, 6.45) is -1.20. The van der Waals surface area contributed by atoms with Crippen molar-refractivity contribution in [1.29, 1.82) is 0 Å². The standard InChI is InChI=1S/C24H18Cl2N4O4S2/c1-24(2,33)22-29-28-19(34-22)20-27-14-10-15(30(23(31)32)21(14)36-20)13-8-9-16(18(26)17(13)25)35-11-12-6-4-3-5-7-12/h3-10,33H,11H2,1-2H3,(H,31,32). The summed E-state index contributed by atoms with van der Waals surface area (Å²) < 4.78 is 6.64. The smallest absolute Gasteiger partial charge is 0.417 e. The second-order valence-electron chi connectivity index (χ2n) is 8.34. The summed E-state index contributed by atoms with van der Waals surface area (Å²) in [5.74, 6) is 0.841. The van der Waals surface area contributed by atoms with Gasteiger partial charge in [-0.3, -0.25) is 0 Å². The molecule has 0 aliphatic heterocycles. The van der Waals surface area contributed by atoms with Gasteiger partial charge in [0, 0.05) is 16.2 Å². The number of benzene rings is 2. The van der Waals surface area contributed by atoms with Crippen LogP contribution in [0.3, 0.4) is 0 Å². The van der Waals surface area contributed by atoms with E-state index in [1.165, 1.54) is 13.8 Å². The zero-order valence-corrected chi connectivity index (χ0v) is 22.0. The fourth-order valence-electron chi connectivity index (χ4n) is 3.49. The third-order valence-corrected chi connectivity index (χ3v) is 8.40. The molecule has 0 aliphatic rings. The van der Waals surface area contributed by atoms with Crippen molar-refractivity contribution in [2.45, 2.75) is 30.1 Å². The number of nitrogens with zero attached hydrogens (tertiary/aromatic N) is 4. The highest BCUT2D eigenvalue weighted by Crippen LogP contribution is 2.43. The minimum absolute atomic E-state index is 0.0332. The number of thioether (sulfide) groups is 1. The number of hydrogen-bond acceptors (Lipinski definition) is 8. The summed E-state index contributed by atoms with van der Waals surface area (Å²) in [5, 5.41) is 28.8. The van der Waals surface area contributed by atoms with Gasteiger partial charge in [0.25, 0.3) is 5.89 Å². The van der Waals surface area contributed by atoms with Crippen LogP contribution in [-0.2, 0) is 11.4 Å². The van der Waals surface area contributed by atoms with E-state index in [0.717, 1.165) is 32.1 Å². The van der Waals surface area contributed by atoms with Gasteiger partial charge in [-0.1, -0.05) is 70.9 Å². The molecule has 0 aliphatic carbocycles. The number of carboxylic acid groups (broad SMARTS) is 1. The van der Waals surface area contributed by atoms with Crippen molar-refractivity contribution in [3.63, 3.8) is 0 Å². The van der Waals surface area contributed by atoms with Gasteiger partial charge in [0.1, 0.15) is 15.9 Å². The van der Waals surface area contributed by atoms with Gasteiger partial charge in [-0.05, 0) is 31.5 Å². The second-order valence-corrected chi connectivity index (χ2v) is 11.1. The molecule has 0 atom stereocenters. The Kier molecular flexibility index (Phi) is 6.56. The SMILES string of the molecule is CC(C)(O)c1nnc(-c2nc3cc(-c4ccc(SCc5ccccc5)c(Cl)c4Cl)n(C(=O)O)c3s2)o1. The molecule has 0 radical (unpaired) electrons. The Labute approximate surface area is 223 Å². The van der Waals surface area contributed by atoms with E-state index in [9.17, 15) is 15.0 Å². The first kappa shape index (κ1) is 24.8. The molecule has 12 heteroatoms. The molecule has 3 aromatic heterocycles. The van der Waals surface area contributed by atoms with Crippen LogP contribution in [0.2, 0.25) is 10.0 Å². The largest absolute Gasteiger partial charge is 0.464 e. The van der Waals surface area contributed by atoms with Gasteiger partial charge in [-0.15, -0.1) is 22.0 Å². The van der Waals surface area contributed by atoms with Crippen molar-refractivity contribution < 1.29 is 19.4 Å². The number of fused-ring (bicyclic) bond motifs is 1. The van der Waals surface area contributed by atoms with Gasteiger partial charge in [-0.25, -0.2) is 14.3 Å². The van der Waals surface area contributed by atoms with Crippen LogP contribution in [0, 0.1) is 0 Å². The van der Waals surface area contributed by atoms with Crippen molar-refractivity contribution >= 4 is 62.7 Å². The Morgan fingerprint density at radius 1 is 1.14 bits per heavy atom. The molecule has 0 unspecified atom stereocenters. The van der Waals surface area contributed by atoms with E-state index in [1.54, 1.807) is 23.9 Å². The number of halogens is 2. The maximum atomic E-state index is 12.3. The first-order valence-corrected chi connectivity index (χ1v) is 13.2. The third kappa shape index (κ3) is 4.62. The normalized spacial score (nSPS) is 11.9. The van der Waals surface area contributed by atoms with E-state index in [-0.39, 0.29) is 16.8 Å². The van der Waals surface area contributed by atoms with Crippen LogP contribution in [-0.4, -0.2) is 36.1 Å². The molecule has 0 fully saturated rings. The number of hydrogen-bond donors (Lipinski definition) is 2. The molecule has 0 bridgehead atoms. The molecule has 2 aromatic carbocycles. The number of carbonyl (C=O) groups is 1. The average molecular weight is 561 g/mol. The number of rotatable bonds is 6. The van der Waals surface area contributed by atoms with E-state index in [4.69, 9.17) is 27.6 Å². The lowest BCUT2D eigenvalue weighted by Gasteiger charge is -2.11. The van der Waals surface area contributed by atoms with Gasteiger partial charge < -0.3 is 14.6 Å². The summed E-state index contributed by atoms with van der Waals surface area (Å²) in [4.78, 5) is 17.9. The summed E-state index contributed by atoms with van der Waals surface area (Å²) in [6, 6.07) is 15.2. The first-order chi connectivity index (χ1) is 17.1. The zero-order chi connectivity index (χ0) is 25.6. The molecule has 0 spiro atoms. The molecule has 0 saturated carbocycles. The monoisotopic (exact) mass is 560 g/mol. The van der Waals surface area contributed by atoms with Crippen LogP contribution < -0.4 is 0 Å². The molecule has 0 amide bonds. The van der Waals surface area contributed by atoms with Crippen molar-refractivity contribution in [2.24, 2.45) is 0 Å². The van der Waals surface area contributed by atoms with Gasteiger partial charge in [0.15, 0.2) is 5.01 Å². The van der Waals surface area contributed by atoms with Gasteiger partial charge in [-0.2, -0.15) is 0 Å². The van der Waals surface area contributed by atoms with E-state index in [2.05, 4.69) is 15.2 Å². The zero-order valence-electron chi connectivity index (χ0n) is 18.9. The lowest BCUT2D eigenvalue weighted by molar-refractivity contribution is 0.0488. The maximum absolute atomic E-state index is 12.3. The van der Waals surface area contributed by atoms with Gasteiger partial charge >= 0.3 is 6.09 Å². The van der Waals surface area contributed by atoms with Crippen LogP contribution in [0.5, 0.6) is 0 Å². The Morgan fingerprint density at radius 3 is 2.56 bits per heavy atom. The molecule has 2 N–H and O–H groups in total. The molecule has 5 aromatic rings. The molecular weight excluding hydrogens is 543 g/mol. The molecule has 0 saturated heterocycles. The van der Waals surface area contributed by atoms with Crippen LogP contribution in [0.15, 0.2) is 57.8 Å². The van der Waals surface area contributed by atoms with Crippen molar-refractivity contribution in [2.75, 3.05) is 0 Å². The van der Waals surface area contributed by atoms with Gasteiger partial charge in [0.2, 0.25) is 5.89 Å². The van der Waals surface area contributed by atoms with E-state index in [1.807, 2.05) is 36.4 Å². The number of aromatic nitrogens is 4. The highest BCUT2D eigenvalue weighted by Gasteiger charge is 2.27. The van der Waals surface area contributed by atoms with Crippen LogP contribution in [0.25, 0.3) is 32.5 Å². The highest BCUT2D eigenvalue weighted by atomic mass is 35.5. The summed E-state index contributed by atoms with van der Waals surface area (Å²) in [7, 11) is 0. The first-order valence-electron chi connectivity index (χ1n) is 10.6. The predicted molar refractivity (Wildman–Crippen MR) is 141 cm³/mol. The summed E-state index contributed by atoms with van der Waals surface area (Å²) in [5.41, 5.74) is 1.08. The topological polar surface area (TPSA) is 114 Å². The quantitative estimate of drug-likeness (QED) is 0.210. The molecule has 8 nitrogen and oxygen atoms in total. The summed E-state index contributed by atoms with van der Waals surface area (Å²) in [6.45, 7) is 3.04. The molecule has 36 heavy (non-hydrogen) atoms. The maximum Gasteiger partial charge on any atom is 0.417 e. The van der Waals surface area contributed by atoms with E-state index < -0.39 is 11.7 Å². The van der Waals surface area contributed by atoms with Crippen LogP contribution >= 0.6 is 46.3 Å². The Hall–Kier alpha value is -2.89. The minimum Gasteiger partial charge on any atom is -0.464 e. The molecular formula is C24H18Cl2N4O4S2. The number of aliphatic hydroxyl groups is 1. The Morgan fingerprint density at radius 2 is 1.89 bits per heavy atom. The lowest BCUT2D eigenvalue weighted by Crippen LogP contribution is -2.15. The lowest BCUT2D eigenvalue weighted by atomic mass is 10.1. The minimum atomic E-state index is -1.31. The third-order valence-electron chi connectivity index (χ3n) is 5.23. The summed E-state index contributed by atoms with van der Waals surface area (Å²) >= 11 is 15.9. The Bertz CT molecular complexity index is 1590. The van der Waals surface area contributed by atoms with Gasteiger partial charge in [0.05, 0.1) is 15.7 Å². The van der Waals surface area contributed by atoms with Crippen molar-refractivity contribution in [3.8, 4) is 22.2 Å². The second kappa shape index (κ2) is 9.53. The molecule has 3 heterocycles. The molecule has 5 rings (SSSR count).